The zero-order valence-corrected chi connectivity index (χ0v) is 14.6. The number of furan rings is 1. The fourth-order valence-electron chi connectivity index (χ4n) is 3.02. The molecule has 5 heteroatoms. The fraction of sp³-hybridized carbons (Fsp3) is 0.444. The summed E-state index contributed by atoms with van der Waals surface area (Å²) in [6.45, 7) is 2.90. The molecule has 0 atom stereocenters. The van der Waals surface area contributed by atoms with Gasteiger partial charge in [-0.15, -0.1) is 0 Å². The number of hydrogen-bond donors (Lipinski definition) is 1. The summed E-state index contributed by atoms with van der Waals surface area (Å²) in [6.07, 6.45) is 4.30. The van der Waals surface area contributed by atoms with Crippen LogP contribution in [0.3, 0.4) is 0 Å². The second-order valence-electron chi connectivity index (χ2n) is 5.74. The number of hydrogen-bond acceptors (Lipinski definition) is 5. The van der Waals surface area contributed by atoms with Crippen molar-refractivity contribution >= 4 is 17.4 Å². The van der Waals surface area contributed by atoms with E-state index in [0.29, 0.717) is 6.04 Å². The van der Waals surface area contributed by atoms with Gasteiger partial charge in [-0.3, -0.25) is 0 Å². The summed E-state index contributed by atoms with van der Waals surface area (Å²) >= 11 is 1.64. The minimum absolute atomic E-state index is 0.545. The first-order valence-electron chi connectivity index (χ1n) is 8.04. The van der Waals surface area contributed by atoms with Gasteiger partial charge in [-0.05, 0) is 43.4 Å². The van der Waals surface area contributed by atoms with E-state index < -0.39 is 0 Å². The highest BCUT2D eigenvalue weighted by Crippen LogP contribution is 2.30. The van der Waals surface area contributed by atoms with Crippen molar-refractivity contribution in [3.63, 3.8) is 0 Å². The highest BCUT2D eigenvalue weighted by atomic mass is 32.2. The van der Waals surface area contributed by atoms with E-state index in [1.54, 1.807) is 18.9 Å². The van der Waals surface area contributed by atoms with Crippen LogP contribution in [-0.2, 0) is 6.54 Å². The third-order valence-corrected chi connectivity index (χ3v) is 4.95. The molecule has 4 nitrogen and oxygen atoms in total. The number of nitrogens with zero attached hydrogens (tertiary/aromatic N) is 1. The van der Waals surface area contributed by atoms with Gasteiger partial charge in [0.15, 0.2) is 5.09 Å². The Kier molecular flexibility index (Phi) is 5.51. The van der Waals surface area contributed by atoms with E-state index in [1.165, 1.54) is 5.69 Å². The molecule has 0 spiro atoms. The quantitative estimate of drug-likeness (QED) is 0.815. The summed E-state index contributed by atoms with van der Waals surface area (Å²) < 4.78 is 11.2. The summed E-state index contributed by atoms with van der Waals surface area (Å²) in [5, 5.41) is 4.59. The normalized spacial score (nSPS) is 15.8. The Morgan fingerprint density at radius 1 is 1.22 bits per heavy atom. The first-order valence-corrected chi connectivity index (χ1v) is 9.26. The van der Waals surface area contributed by atoms with Crippen molar-refractivity contribution < 1.29 is 9.15 Å². The lowest BCUT2D eigenvalue weighted by molar-refractivity contribution is 0.367. The maximum atomic E-state index is 5.72. The maximum absolute atomic E-state index is 5.72. The van der Waals surface area contributed by atoms with Crippen LogP contribution in [0.5, 0.6) is 5.75 Å². The Morgan fingerprint density at radius 2 is 2.00 bits per heavy atom. The zero-order valence-electron chi connectivity index (χ0n) is 13.7. The third kappa shape index (κ3) is 4.03. The fourth-order valence-corrected chi connectivity index (χ4v) is 3.42. The number of piperidine rings is 1. The van der Waals surface area contributed by atoms with Crippen LogP contribution in [-0.4, -0.2) is 32.5 Å². The van der Waals surface area contributed by atoms with Crippen molar-refractivity contribution in [2.45, 2.75) is 30.5 Å². The molecule has 23 heavy (non-hydrogen) atoms. The van der Waals surface area contributed by atoms with E-state index in [9.17, 15) is 0 Å². The first-order chi connectivity index (χ1) is 11.3. The lowest BCUT2D eigenvalue weighted by Gasteiger charge is -2.34. The van der Waals surface area contributed by atoms with Gasteiger partial charge in [0.25, 0.3) is 0 Å². The first kappa shape index (κ1) is 16.3. The van der Waals surface area contributed by atoms with Gasteiger partial charge >= 0.3 is 0 Å². The van der Waals surface area contributed by atoms with Gasteiger partial charge in [-0.2, -0.15) is 0 Å². The summed E-state index contributed by atoms with van der Waals surface area (Å²) in [5.74, 6) is 1.97. The van der Waals surface area contributed by atoms with Gasteiger partial charge in [-0.1, -0.05) is 23.9 Å². The number of benzene rings is 1. The average molecular weight is 332 g/mol. The molecule has 3 rings (SSSR count). The standard InChI is InChI=1S/C18H24N2O2S/c1-21-17-6-4-3-5-16(17)20-11-9-14(10-12-20)19-13-15-7-8-18(22-15)23-2/h3-8,14,19H,9-13H2,1-2H3. The maximum Gasteiger partial charge on any atom is 0.160 e. The molecule has 0 saturated carbocycles. The molecule has 2 aromatic rings. The molecule has 1 aliphatic rings. The van der Waals surface area contributed by atoms with E-state index in [1.807, 2.05) is 24.5 Å². The topological polar surface area (TPSA) is 37.6 Å². The Hall–Kier alpha value is -1.59. The van der Waals surface area contributed by atoms with E-state index in [0.717, 1.165) is 49.1 Å². The van der Waals surface area contributed by atoms with Crippen LogP contribution < -0.4 is 15.0 Å². The van der Waals surface area contributed by atoms with Crippen LogP contribution >= 0.6 is 11.8 Å². The molecular formula is C18H24N2O2S. The summed E-state index contributed by atoms with van der Waals surface area (Å²) in [4.78, 5) is 2.41. The molecule has 0 bridgehead atoms. The number of ether oxygens (including phenoxy) is 1. The van der Waals surface area contributed by atoms with Crippen molar-refractivity contribution in [2.24, 2.45) is 0 Å². The highest BCUT2D eigenvalue weighted by Gasteiger charge is 2.21. The Balaban J connectivity index is 1.50. The monoisotopic (exact) mass is 332 g/mol. The van der Waals surface area contributed by atoms with E-state index in [2.05, 4.69) is 28.4 Å². The van der Waals surface area contributed by atoms with Gasteiger partial charge in [0.1, 0.15) is 11.5 Å². The minimum atomic E-state index is 0.545. The van der Waals surface area contributed by atoms with Gasteiger partial charge < -0.3 is 19.4 Å². The molecule has 124 valence electrons. The number of anilines is 1. The molecule has 1 fully saturated rings. The predicted octanol–water partition coefficient (Wildman–Crippen LogP) is 3.77. The zero-order chi connectivity index (χ0) is 16.1. The van der Waals surface area contributed by atoms with Crippen molar-refractivity contribution in [1.82, 2.24) is 5.32 Å². The molecule has 2 heterocycles. The molecule has 1 aromatic carbocycles. The lowest BCUT2D eigenvalue weighted by atomic mass is 10.0. The van der Waals surface area contributed by atoms with E-state index >= 15 is 0 Å². The molecule has 1 N–H and O–H groups in total. The van der Waals surface area contributed by atoms with Gasteiger partial charge in [0.05, 0.1) is 19.3 Å². The number of thioether (sulfide) groups is 1. The van der Waals surface area contributed by atoms with Gasteiger partial charge in [-0.25, -0.2) is 0 Å². The number of nitrogens with one attached hydrogen (secondary N) is 1. The highest BCUT2D eigenvalue weighted by molar-refractivity contribution is 7.98. The lowest BCUT2D eigenvalue weighted by Crippen LogP contribution is -2.42. The SMILES string of the molecule is COc1ccccc1N1CCC(NCc2ccc(SC)o2)CC1. The van der Waals surface area contributed by atoms with Crippen molar-refractivity contribution in [1.29, 1.82) is 0 Å². The smallest absolute Gasteiger partial charge is 0.160 e. The average Bonchev–Trinajstić information content (AvgIpc) is 3.08. The van der Waals surface area contributed by atoms with Crippen LogP contribution in [0.25, 0.3) is 0 Å². The molecule has 0 amide bonds. The summed E-state index contributed by atoms with van der Waals surface area (Å²) in [6, 6.07) is 12.9. The molecular weight excluding hydrogens is 308 g/mol. The molecule has 0 unspecified atom stereocenters. The van der Waals surface area contributed by atoms with Crippen molar-refractivity contribution in [3.8, 4) is 5.75 Å². The van der Waals surface area contributed by atoms with E-state index in [4.69, 9.17) is 9.15 Å². The van der Waals surface area contributed by atoms with Crippen LogP contribution in [0.1, 0.15) is 18.6 Å². The third-order valence-electron chi connectivity index (χ3n) is 4.32. The van der Waals surface area contributed by atoms with Gasteiger partial charge in [0.2, 0.25) is 0 Å². The minimum Gasteiger partial charge on any atom is -0.495 e. The second kappa shape index (κ2) is 7.79. The predicted molar refractivity (Wildman–Crippen MR) is 95.6 cm³/mol. The number of rotatable bonds is 6. The Labute approximate surface area is 142 Å². The summed E-state index contributed by atoms with van der Waals surface area (Å²) in [5.41, 5.74) is 1.20. The Bertz CT molecular complexity index is 621. The molecule has 1 saturated heterocycles. The Morgan fingerprint density at radius 3 is 2.70 bits per heavy atom. The largest absolute Gasteiger partial charge is 0.495 e. The van der Waals surface area contributed by atoms with Crippen LogP contribution in [0, 0.1) is 0 Å². The van der Waals surface area contributed by atoms with Crippen LogP contribution in [0.4, 0.5) is 5.69 Å². The molecule has 1 aromatic heterocycles. The van der Waals surface area contributed by atoms with E-state index in [-0.39, 0.29) is 0 Å². The van der Waals surface area contributed by atoms with Crippen molar-refractivity contribution in [3.05, 3.63) is 42.2 Å². The van der Waals surface area contributed by atoms with Crippen molar-refractivity contribution in [2.75, 3.05) is 31.4 Å². The van der Waals surface area contributed by atoms with Crippen LogP contribution in [0.15, 0.2) is 45.9 Å². The molecule has 0 aliphatic carbocycles. The number of para-hydroxylation sites is 2. The second-order valence-corrected chi connectivity index (χ2v) is 6.55. The molecule has 0 radical (unpaired) electrons. The van der Waals surface area contributed by atoms with Gasteiger partial charge in [0, 0.05) is 19.1 Å². The van der Waals surface area contributed by atoms with Crippen LogP contribution in [0.2, 0.25) is 0 Å². The summed E-state index contributed by atoms with van der Waals surface area (Å²) in [7, 11) is 1.74. The molecule has 1 aliphatic heterocycles. The number of methoxy groups -OCH3 is 1.